The summed E-state index contributed by atoms with van der Waals surface area (Å²) in [5.74, 6) is 7.03. The summed E-state index contributed by atoms with van der Waals surface area (Å²) in [6.07, 6.45) is 5.78. The zero-order valence-electron chi connectivity index (χ0n) is 17.6. The molecule has 2 aromatic heterocycles. The largest absolute Gasteiger partial charge is 0.462 e. The van der Waals surface area contributed by atoms with Gasteiger partial charge in [-0.1, -0.05) is 44.9 Å². The fourth-order valence-corrected chi connectivity index (χ4v) is 5.20. The Hall–Kier alpha value is -2.07. The number of anilines is 1. The number of hydrogen-bond donors (Lipinski definition) is 2. The third-order valence-corrected chi connectivity index (χ3v) is 7.36. The first-order valence-electron chi connectivity index (χ1n) is 10.3. The Kier molecular flexibility index (Phi) is 7.76. The van der Waals surface area contributed by atoms with Crippen molar-refractivity contribution in [2.24, 2.45) is 0 Å². The Morgan fingerprint density at radius 3 is 2.73 bits per heavy atom. The van der Waals surface area contributed by atoms with E-state index in [2.05, 4.69) is 15.5 Å². The minimum absolute atomic E-state index is 0.122. The third kappa shape index (κ3) is 5.34. The lowest BCUT2D eigenvalue weighted by molar-refractivity contribution is -0.113. The van der Waals surface area contributed by atoms with E-state index in [0.717, 1.165) is 23.5 Å². The first kappa shape index (κ1) is 22.6. The number of ether oxygens (including phenoxy) is 1. The molecule has 8 nitrogen and oxygen atoms in total. The fraction of sp³-hybridized carbons (Fsp3) is 0.600. The molecule has 0 bridgehead atoms. The molecule has 30 heavy (non-hydrogen) atoms. The van der Waals surface area contributed by atoms with Crippen molar-refractivity contribution in [3.8, 4) is 0 Å². The maximum atomic E-state index is 12.5. The molecule has 0 atom stereocenters. The molecule has 0 radical (unpaired) electrons. The van der Waals surface area contributed by atoms with Gasteiger partial charge in [0.1, 0.15) is 5.00 Å². The number of carbonyl (C=O) groups is 2. The van der Waals surface area contributed by atoms with Gasteiger partial charge in [-0.05, 0) is 31.7 Å². The van der Waals surface area contributed by atoms with Gasteiger partial charge in [-0.15, -0.1) is 21.5 Å². The summed E-state index contributed by atoms with van der Waals surface area (Å²) in [6.45, 7) is 6.12. The zero-order valence-corrected chi connectivity index (χ0v) is 19.3. The van der Waals surface area contributed by atoms with Crippen molar-refractivity contribution in [2.45, 2.75) is 69.9 Å². The summed E-state index contributed by atoms with van der Waals surface area (Å²) in [5.41, 5.74) is 0.394. The first-order valence-corrected chi connectivity index (χ1v) is 12.1. The van der Waals surface area contributed by atoms with E-state index in [0.29, 0.717) is 21.6 Å². The monoisotopic (exact) mass is 451 g/mol. The van der Waals surface area contributed by atoms with Crippen LogP contribution in [-0.2, 0) is 9.53 Å². The van der Waals surface area contributed by atoms with Gasteiger partial charge in [0, 0.05) is 10.8 Å². The fourth-order valence-electron chi connectivity index (χ4n) is 3.47. The average Bonchev–Trinajstić information content (AvgIpc) is 3.31. The Labute approximate surface area is 184 Å². The Morgan fingerprint density at radius 2 is 2.07 bits per heavy atom. The molecule has 1 amide bonds. The van der Waals surface area contributed by atoms with Crippen LogP contribution in [0.25, 0.3) is 0 Å². The molecule has 10 heteroatoms. The number of nitrogens with one attached hydrogen (secondary N) is 1. The highest BCUT2D eigenvalue weighted by atomic mass is 32.2. The predicted molar refractivity (Wildman–Crippen MR) is 120 cm³/mol. The van der Waals surface area contributed by atoms with Crippen LogP contribution < -0.4 is 11.2 Å². The summed E-state index contributed by atoms with van der Waals surface area (Å²) in [5, 5.41) is 12.3. The molecule has 1 aliphatic carbocycles. The van der Waals surface area contributed by atoms with Gasteiger partial charge < -0.3 is 15.9 Å². The molecule has 0 aromatic carbocycles. The van der Waals surface area contributed by atoms with Crippen molar-refractivity contribution in [1.82, 2.24) is 14.9 Å². The maximum Gasteiger partial charge on any atom is 0.341 e. The van der Waals surface area contributed by atoms with Crippen molar-refractivity contribution in [3.63, 3.8) is 0 Å². The number of thioether (sulfide) groups is 1. The van der Waals surface area contributed by atoms with Crippen LogP contribution in [0.4, 0.5) is 5.00 Å². The van der Waals surface area contributed by atoms with Crippen LogP contribution in [0.3, 0.4) is 0 Å². The highest BCUT2D eigenvalue weighted by Gasteiger charge is 2.24. The van der Waals surface area contributed by atoms with Crippen LogP contribution in [0.1, 0.15) is 85.8 Å². The molecule has 3 rings (SSSR count). The number of hydrogen-bond acceptors (Lipinski definition) is 8. The van der Waals surface area contributed by atoms with E-state index in [1.54, 1.807) is 13.0 Å². The smallest absolute Gasteiger partial charge is 0.341 e. The van der Waals surface area contributed by atoms with Crippen LogP contribution in [0.5, 0.6) is 0 Å². The van der Waals surface area contributed by atoms with Gasteiger partial charge >= 0.3 is 5.97 Å². The van der Waals surface area contributed by atoms with Crippen molar-refractivity contribution >= 4 is 40.0 Å². The summed E-state index contributed by atoms with van der Waals surface area (Å²) in [4.78, 5) is 25.8. The van der Waals surface area contributed by atoms with Crippen LogP contribution in [0.2, 0.25) is 0 Å². The lowest BCUT2D eigenvalue weighted by Gasteiger charge is -2.20. The minimum Gasteiger partial charge on any atom is -0.462 e. The van der Waals surface area contributed by atoms with Gasteiger partial charge in [-0.3, -0.25) is 4.79 Å². The molecule has 0 spiro atoms. The molecular weight excluding hydrogens is 422 g/mol. The van der Waals surface area contributed by atoms with Gasteiger partial charge in [0.2, 0.25) is 11.1 Å². The van der Waals surface area contributed by atoms with Gasteiger partial charge in [-0.2, -0.15) is 0 Å². The molecule has 1 aliphatic rings. The van der Waals surface area contributed by atoms with Gasteiger partial charge in [0.15, 0.2) is 5.82 Å². The molecule has 0 aliphatic heterocycles. The molecule has 2 aromatic rings. The molecule has 3 N–H and O–H groups in total. The minimum atomic E-state index is -0.428. The topological polar surface area (TPSA) is 112 Å². The van der Waals surface area contributed by atoms with Crippen LogP contribution in [0.15, 0.2) is 11.2 Å². The quantitative estimate of drug-likeness (QED) is 0.352. The normalized spacial score (nSPS) is 14.8. The number of aromatic nitrogens is 3. The van der Waals surface area contributed by atoms with Crippen LogP contribution in [0, 0.1) is 0 Å². The number of amides is 1. The van der Waals surface area contributed by atoms with Crippen molar-refractivity contribution in [3.05, 3.63) is 22.3 Å². The Morgan fingerprint density at radius 1 is 1.33 bits per heavy atom. The van der Waals surface area contributed by atoms with Gasteiger partial charge in [-0.25, -0.2) is 9.47 Å². The van der Waals surface area contributed by atoms with Gasteiger partial charge in [0.05, 0.1) is 17.9 Å². The third-order valence-electron chi connectivity index (χ3n) is 5.06. The number of nitrogens with zero attached hydrogens (tertiary/aromatic N) is 3. The van der Waals surface area contributed by atoms with E-state index in [1.807, 2.05) is 13.8 Å². The van der Waals surface area contributed by atoms with Crippen LogP contribution in [-0.4, -0.2) is 39.1 Å². The summed E-state index contributed by atoms with van der Waals surface area (Å²) < 4.78 is 6.64. The molecular formula is C20H29N5O3S2. The number of carbonyl (C=O) groups excluding carboxylic acids is 2. The number of thiophene rings is 1. The van der Waals surface area contributed by atoms with E-state index in [-0.39, 0.29) is 24.2 Å². The van der Waals surface area contributed by atoms with Crippen molar-refractivity contribution in [2.75, 3.05) is 23.5 Å². The highest BCUT2D eigenvalue weighted by Crippen LogP contribution is 2.34. The SMILES string of the molecule is CCOC(=O)c1cc(C(C)C)sc1NC(=O)CSc1nnc(C2CCCCC2)n1N. The first-order chi connectivity index (χ1) is 14.4. The summed E-state index contributed by atoms with van der Waals surface area (Å²) >= 11 is 2.64. The molecule has 0 saturated heterocycles. The molecule has 1 fully saturated rings. The zero-order chi connectivity index (χ0) is 21.7. The second-order valence-corrected chi connectivity index (χ2v) is 9.68. The van der Waals surface area contributed by atoms with Crippen molar-refractivity contribution in [1.29, 1.82) is 0 Å². The maximum absolute atomic E-state index is 12.5. The van der Waals surface area contributed by atoms with Crippen LogP contribution >= 0.6 is 23.1 Å². The molecule has 1 saturated carbocycles. The lowest BCUT2D eigenvalue weighted by atomic mass is 9.89. The molecule has 2 heterocycles. The van der Waals surface area contributed by atoms with E-state index >= 15 is 0 Å². The standard InChI is InChI=1S/C20H29N5O3S2/c1-4-28-19(27)14-10-15(12(2)3)30-18(14)22-16(26)11-29-20-24-23-17(25(20)21)13-8-6-5-7-9-13/h10,12-13H,4-9,11,21H2,1-3H3,(H,22,26). The Bertz CT molecular complexity index is 887. The van der Waals surface area contributed by atoms with Gasteiger partial charge in [0.25, 0.3) is 0 Å². The number of rotatable bonds is 8. The molecule has 164 valence electrons. The highest BCUT2D eigenvalue weighted by molar-refractivity contribution is 7.99. The lowest BCUT2D eigenvalue weighted by Crippen LogP contribution is -2.20. The second-order valence-electron chi connectivity index (χ2n) is 7.65. The number of nitrogens with two attached hydrogens (primary N) is 1. The van der Waals surface area contributed by atoms with E-state index in [4.69, 9.17) is 10.6 Å². The summed E-state index contributed by atoms with van der Waals surface area (Å²) in [6, 6.07) is 1.79. The number of esters is 1. The second kappa shape index (κ2) is 10.3. The van der Waals surface area contributed by atoms with E-state index in [9.17, 15) is 9.59 Å². The predicted octanol–water partition coefficient (Wildman–Crippen LogP) is 4.13. The number of nitrogen functional groups attached to an aromatic ring is 1. The van der Waals surface area contributed by atoms with E-state index < -0.39 is 5.97 Å². The Balaban J connectivity index is 1.64. The molecule has 0 unspecified atom stereocenters. The average molecular weight is 452 g/mol. The van der Waals surface area contributed by atoms with E-state index in [1.165, 1.54) is 47.0 Å². The summed E-state index contributed by atoms with van der Waals surface area (Å²) in [7, 11) is 0. The van der Waals surface area contributed by atoms with Crippen molar-refractivity contribution < 1.29 is 14.3 Å².